The molecule has 3 aliphatic heterocycles. The van der Waals surface area contributed by atoms with Crippen LogP contribution in [0.25, 0.3) is 11.1 Å². The summed E-state index contributed by atoms with van der Waals surface area (Å²) in [6, 6.07) is 9.39. The molecule has 10 nitrogen and oxygen atoms in total. The van der Waals surface area contributed by atoms with Crippen LogP contribution in [0.3, 0.4) is 0 Å². The third-order valence-corrected chi connectivity index (χ3v) is 9.73. The van der Waals surface area contributed by atoms with Gasteiger partial charge in [0, 0.05) is 85.9 Å². The van der Waals surface area contributed by atoms with Gasteiger partial charge in [-0.25, -0.2) is 28.2 Å². The number of rotatable bonds is 10. The molecule has 5 heterocycles. The van der Waals surface area contributed by atoms with Gasteiger partial charge in [0.25, 0.3) is 0 Å². The Kier molecular flexibility index (Phi) is 8.21. The molecule has 3 fully saturated rings. The van der Waals surface area contributed by atoms with Gasteiger partial charge in [-0.2, -0.15) is 5.10 Å². The minimum atomic E-state index is -0.902. The monoisotopic (exact) mass is 648 g/mol. The molecule has 1 atom stereocenters. The van der Waals surface area contributed by atoms with Gasteiger partial charge in [0.05, 0.1) is 31.6 Å². The number of aromatic nitrogens is 4. The van der Waals surface area contributed by atoms with Gasteiger partial charge in [-0.05, 0) is 37.8 Å². The highest BCUT2D eigenvalue weighted by molar-refractivity contribution is 5.86. The van der Waals surface area contributed by atoms with Crippen LogP contribution in [0.15, 0.2) is 55.1 Å². The van der Waals surface area contributed by atoms with Crippen molar-refractivity contribution in [1.29, 1.82) is 0 Å². The summed E-state index contributed by atoms with van der Waals surface area (Å²) in [5, 5.41) is 9.30. The van der Waals surface area contributed by atoms with Crippen LogP contribution in [0, 0.1) is 23.5 Å². The van der Waals surface area contributed by atoms with Gasteiger partial charge in [0.15, 0.2) is 17.5 Å². The van der Waals surface area contributed by atoms with Gasteiger partial charge < -0.3 is 15.0 Å². The summed E-state index contributed by atoms with van der Waals surface area (Å²) < 4.78 is 49.9. The summed E-state index contributed by atoms with van der Waals surface area (Å²) in [5.74, 6) is 0.828. The maximum atomic E-state index is 14.7. The van der Waals surface area contributed by atoms with Crippen LogP contribution in [-0.4, -0.2) is 76.8 Å². The number of ether oxygens (including phenoxy) is 1. The molecular weight excluding hydrogens is 609 g/mol. The van der Waals surface area contributed by atoms with E-state index in [2.05, 4.69) is 30.2 Å². The van der Waals surface area contributed by atoms with Crippen LogP contribution < -0.4 is 20.0 Å². The Balaban J connectivity index is 1.13. The van der Waals surface area contributed by atoms with E-state index in [0.29, 0.717) is 47.9 Å². The van der Waals surface area contributed by atoms with Crippen molar-refractivity contribution in [3.63, 3.8) is 0 Å². The number of hydroxylamine groups is 1. The molecule has 248 valence electrons. The smallest absolute Gasteiger partial charge is 0.164 e. The maximum absolute atomic E-state index is 14.7. The van der Waals surface area contributed by atoms with E-state index in [9.17, 15) is 13.2 Å². The number of alkyl halides is 1. The lowest BCUT2D eigenvalue weighted by atomic mass is 9.78. The van der Waals surface area contributed by atoms with Crippen molar-refractivity contribution in [2.75, 3.05) is 61.9 Å². The first kappa shape index (κ1) is 31.3. The highest BCUT2D eigenvalue weighted by Gasteiger charge is 2.45. The Morgan fingerprint density at radius 2 is 1.85 bits per heavy atom. The first-order chi connectivity index (χ1) is 22.6. The number of hydrogen-bond acceptors (Lipinski definition) is 9. The molecule has 0 saturated carbocycles. The summed E-state index contributed by atoms with van der Waals surface area (Å²) >= 11 is 0. The largest absolute Gasteiger partial charge is 0.494 e. The SMILES string of the molecule is COc1cc(N2CC(C3CN(C(C)(C)CF)C3)C2)c(-c2cnn(C)c2)cc1Nc1cc(N2OCC[C@@H]2c2cccc(F)c2F)ncn1. The summed E-state index contributed by atoms with van der Waals surface area (Å²) in [7, 11) is 3.52. The zero-order valence-corrected chi connectivity index (χ0v) is 27.0. The Morgan fingerprint density at radius 1 is 1.06 bits per heavy atom. The average Bonchev–Trinajstić information content (AvgIpc) is 3.68. The quantitative estimate of drug-likeness (QED) is 0.226. The van der Waals surface area contributed by atoms with Gasteiger partial charge in [-0.1, -0.05) is 12.1 Å². The molecule has 1 N–H and O–H groups in total. The minimum absolute atomic E-state index is 0.209. The molecule has 3 saturated heterocycles. The Bertz CT molecular complexity index is 1760. The van der Waals surface area contributed by atoms with E-state index in [0.717, 1.165) is 49.1 Å². The molecule has 2 aromatic carbocycles. The normalized spacial score (nSPS) is 19.2. The molecule has 0 spiro atoms. The van der Waals surface area contributed by atoms with Crippen molar-refractivity contribution in [3.8, 4) is 16.9 Å². The van der Waals surface area contributed by atoms with Crippen molar-refractivity contribution in [3.05, 3.63) is 72.3 Å². The van der Waals surface area contributed by atoms with Gasteiger partial charge in [-0.15, -0.1) is 0 Å². The minimum Gasteiger partial charge on any atom is -0.494 e. The van der Waals surface area contributed by atoms with Crippen LogP contribution >= 0.6 is 0 Å². The predicted molar refractivity (Wildman–Crippen MR) is 173 cm³/mol. The summed E-state index contributed by atoms with van der Waals surface area (Å²) in [5.41, 5.74) is 3.50. The lowest BCUT2D eigenvalue weighted by Crippen LogP contribution is -2.64. The van der Waals surface area contributed by atoms with Crippen molar-refractivity contribution < 1.29 is 22.7 Å². The fraction of sp³-hybridized carbons (Fsp3) is 0.441. The van der Waals surface area contributed by atoms with Crippen LogP contribution in [0.1, 0.15) is 31.9 Å². The number of anilines is 4. The van der Waals surface area contributed by atoms with Crippen LogP contribution in [0.2, 0.25) is 0 Å². The Hall–Kier alpha value is -4.36. The highest BCUT2D eigenvalue weighted by Crippen LogP contribution is 2.45. The second-order valence-corrected chi connectivity index (χ2v) is 13.2. The number of halogens is 3. The molecule has 13 heteroatoms. The lowest BCUT2D eigenvalue weighted by molar-refractivity contribution is -0.0367. The summed E-state index contributed by atoms with van der Waals surface area (Å²) in [6.45, 7) is 7.60. The summed E-state index contributed by atoms with van der Waals surface area (Å²) in [6.07, 6.45) is 5.70. The van der Waals surface area contributed by atoms with Crippen molar-refractivity contribution in [1.82, 2.24) is 24.6 Å². The number of benzene rings is 2. The fourth-order valence-corrected chi connectivity index (χ4v) is 6.72. The number of likely N-dealkylation sites (tertiary alicyclic amines) is 1. The van der Waals surface area contributed by atoms with Gasteiger partial charge >= 0.3 is 0 Å². The topological polar surface area (TPSA) is 83.8 Å². The number of methoxy groups -OCH3 is 1. The van der Waals surface area contributed by atoms with E-state index < -0.39 is 23.2 Å². The lowest BCUT2D eigenvalue weighted by Gasteiger charge is -2.55. The van der Waals surface area contributed by atoms with Crippen molar-refractivity contribution >= 4 is 23.0 Å². The number of nitrogens with one attached hydrogen (secondary N) is 1. The second kappa shape index (κ2) is 12.3. The number of hydrogen-bond donors (Lipinski definition) is 1. The van der Waals surface area contributed by atoms with Crippen molar-refractivity contribution in [2.45, 2.75) is 31.8 Å². The van der Waals surface area contributed by atoms with E-state index in [1.54, 1.807) is 23.9 Å². The number of nitrogens with zero attached hydrogens (tertiary/aromatic N) is 7. The van der Waals surface area contributed by atoms with E-state index in [1.165, 1.54) is 17.5 Å². The zero-order chi connectivity index (χ0) is 32.9. The third kappa shape index (κ3) is 5.86. The maximum Gasteiger partial charge on any atom is 0.164 e. The molecule has 0 bridgehead atoms. The van der Waals surface area contributed by atoms with Gasteiger partial charge in [0.1, 0.15) is 24.6 Å². The van der Waals surface area contributed by atoms with Gasteiger partial charge in [-0.3, -0.25) is 14.4 Å². The van der Waals surface area contributed by atoms with E-state index in [1.807, 2.05) is 45.4 Å². The molecular formula is C34H39F3N8O2. The zero-order valence-electron chi connectivity index (χ0n) is 27.0. The molecule has 3 aliphatic rings. The first-order valence-electron chi connectivity index (χ1n) is 15.9. The van der Waals surface area contributed by atoms with Gasteiger partial charge in [0.2, 0.25) is 0 Å². The molecule has 7 rings (SSSR count). The van der Waals surface area contributed by atoms with E-state index in [4.69, 9.17) is 9.57 Å². The van der Waals surface area contributed by atoms with Crippen LogP contribution in [-0.2, 0) is 11.9 Å². The molecule has 4 aromatic rings. The van der Waals surface area contributed by atoms with E-state index in [-0.39, 0.29) is 12.2 Å². The number of aryl methyl sites for hydroxylation is 1. The Morgan fingerprint density at radius 3 is 2.57 bits per heavy atom. The molecule has 0 unspecified atom stereocenters. The first-order valence-corrected chi connectivity index (χ1v) is 15.9. The molecule has 0 amide bonds. The molecule has 0 aliphatic carbocycles. The molecule has 47 heavy (non-hydrogen) atoms. The fourth-order valence-electron chi connectivity index (χ4n) is 6.72. The average molecular weight is 649 g/mol. The summed E-state index contributed by atoms with van der Waals surface area (Å²) in [4.78, 5) is 19.2. The van der Waals surface area contributed by atoms with Crippen LogP contribution in [0.5, 0.6) is 5.75 Å². The van der Waals surface area contributed by atoms with E-state index >= 15 is 0 Å². The van der Waals surface area contributed by atoms with Crippen molar-refractivity contribution in [2.24, 2.45) is 18.9 Å². The standard InChI is InChI=1S/C34H39F3N8O2/c1-34(2,19-35)44-17-23(18-44)22-15-43(16-22)29-11-30(46-4)27(10-25(29)21-13-40-42(3)14-21)41-31-12-32(39-20-38-31)45-28(8-9-47-45)24-6-5-7-26(36)33(24)37/h5-7,10-14,20,22-23,28H,8-9,15-19H2,1-4H3,(H,38,39,41)/t28-/m1/s1. The molecule has 0 radical (unpaired) electrons. The molecule has 2 aromatic heterocycles. The predicted octanol–water partition coefficient (Wildman–Crippen LogP) is 5.91. The van der Waals surface area contributed by atoms with Crippen LogP contribution in [0.4, 0.5) is 36.2 Å². The third-order valence-electron chi connectivity index (χ3n) is 9.73. The second-order valence-electron chi connectivity index (χ2n) is 13.2. The Labute approximate surface area is 272 Å². The highest BCUT2D eigenvalue weighted by atomic mass is 19.2.